The first-order chi connectivity index (χ1) is 14.3. The third kappa shape index (κ3) is 6.25. The van der Waals surface area contributed by atoms with Gasteiger partial charge in [-0.25, -0.2) is 4.79 Å². The van der Waals surface area contributed by atoms with Crippen LogP contribution in [0.1, 0.15) is 57.2 Å². The number of amides is 1. The second kappa shape index (κ2) is 9.76. The molecule has 0 saturated carbocycles. The summed E-state index contributed by atoms with van der Waals surface area (Å²) >= 11 is 1.35. The number of hydrogen-bond acceptors (Lipinski definition) is 5. The fourth-order valence-corrected chi connectivity index (χ4v) is 4.67. The minimum absolute atomic E-state index is 0.00576. The van der Waals surface area contributed by atoms with E-state index in [1.807, 2.05) is 6.07 Å². The Bertz CT molecular complexity index is 963. The van der Waals surface area contributed by atoms with Gasteiger partial charge in [-0.05, 0) is 42.4 Å². The lowest BCUT2D eigenvalue weighted by Gasteiger charge is -2.36. The van der Waals surface area contributed by atoms with Crippen LogP contribution in [0, 0.1) is 0 Å². The van der Waals surface area contributed by atoms with Crippen LogP contribution >= 0.6 is 11.3 Å². The van der Waals surface area contributed by atoms with E-state index in [0.29, 0.717) is 11.5 Å². The van der Waals surface area contributed by atoms with E-state index in [2.05, 4.69) is 39.2 Å². The SMILES string of the molecule is CC(C)(C)[Si](C)(C)OCc1ccc(C(CNC(=O)c2ccccc2C(=O)O)C(=O)O)s1. The molecule has 2 aromatic rings. The molecule has 3 N–H and O–H groups in total. The van der Waals surface area contributed by atoms with Gasteiger partial charge in [-0.15, -0.1) is 11.3 Å². The summed E-state index contributed by atoms with van der Waals surface area (Å²) in [4.78, 5) is 37.1. The summed E-state index contributed by atoms with van der Waals surface area (Å²) in [6.45, 7) is 11.1. The number of benzene rings is 1. The number of rotatable bonds is 9. The first-order valence-corrected chi connectivity index (χ1v) is 13.6. The molecule has 0 aliphatic carbocycles. The molecule has 31 heavy (non-hydrogen) atoms. The lowest BCUT2D eigenvalue weighted by molar-refractivity contribution is -0.138. The Kier molecular flexibility index (Phi) is 7.80. The van der Waals surface area contributed by atoms with E-state index < -0.39 is 32.1 Å². The molecule has 1 unspecified atom stereocenters. The molecular weight excluding hydrogens is 434 g/mol. The second-order valence-electron chi connectivity index (χ2n) is 8.80. The predicted octanol–water partition coefficient (Wildman–Crippen LogP) is 4.57. The first kappa shape index (κ1) is 24.8. The van der Waals surface area contributed by atoms with Crippen LogP contribution in [0.4, 0.5) is 0 Å². The van der Waals surface area contributed by atoms with E-state index in [1.54, 1.807) is 12.1 Å². The molecule has 0 aliphatic heterocycles. The van der Waals surface area contributed by atoms with Crippen molar-refractivity contribution in [2.75, 3.05) is 6.54 Å². The van der Waals surface area contributed by atoms with Gasteiger partial charge in [0.25, 0.3) is 5.91 Å². The van der Waals surface area contributed by atoms with Crippen LogP contribution in [-0.4, -0.2) is 42.9 Å². The summed E-state index contributed by atoms with van der Waals surface area (Å²) in [5.41, 5.74) is -0.137. The van der Waals surface area contributed by atoms with Crippen molar-refractivity contribution in [1.82, 2.24) is 5.32 Å². The van der Waals surface area contributed by atoms with Crippen LogP contribution in [-0.2, 0) is 15.8 Å². The number of aliphatic carboxylic acids is 1. The number of aromatic carboxylic acids is 1. The predicted molar refractivity (Wildman–Crippen MR) is 122 cm³/mol. The highest BCUT2D eigenvalue weighted by molar-refractivity contribution is 7.12. The minimum atomic E-state index is -1.92. The van der Waals surface area contributed by atoms with Gasteiger partial charge in [-0.2, -0.15) is 0 Å². The Morgan fingerprint density at radius 2 is 1.68 bits per heavy atom. The minimum Gasteiger partial charge on any atom is -0.481 e. The normalized spacial score (nSPS) is 12.9. The average Bonchev–Trinajstić information content (AvgIpc) is 3.14. The molecule has 0 spiro atoms. The van der Waals surface area contributed by atoms with Crippen LogP contribution < -0.4 is 5.32 Å². The molecule has 2 rings (SSSR count). The van der Waals surface area contributed by atoms with Crippen LogP contribution in [0.5, 0.6) is 0 Å². The maximum Gasteiger partial charge on any atom is 0.336 e. The monoisotopic (exact) mass is 463 g/mol. The second-order valence-corrected chi connectivity index (χ2v) is 14.8. The standard InChI is InChI=1S/C22H29NO6SSi/c1-22(2,3)31(4,5)29-13-14-10-11-18(30-14)17(21(27)28)12-23-19(24)15-8-6-7-9-16(15)20(25)26/h6-11,17H,12-13H2,1-5H3,(H,23,24)(H,25,26)(H,27,28). The zero-order chi connectivity index (χ0) is 23.4. The number of carboxylic acid groups (broad SMARTS) is 2. The number of thiophene rings is 1. The molecule has 1 heterocycles. The fourth-order valence-electron chi connectivity index (χ4n) is 2.59. The van der Waals surface area contributed by atoms with Gasteiger partial charge in [-0.3, -0.25) is 9.59 Å². The van der Waals surface area contributed by atoms with E-state index in [1.165, 1.54) is 29.5 Å². The summed E-state index contributed by atoms with van der Waals surface area (Å²) in [6, 6.07) is 9.41. The molecule has 0 radical (unpaired) electrons. The highest BCUT2D eigenvalue weighted by Crippen LogP contribution is 2.37. The van der Waals surface area contributed by atoms with Gasteiger partial charge in [0.15, 0.2) is 8.32 Å². The third-order valence-electron chi connectivity index (χ3n) is 5.57. The molecule has 0 fully saturated rings. The average molecular weight is 464 g/mol. The van der Waals surface area contributed by atoms with Gasteiger partial charge < -0.3 is 20.0 Å². The van der Waals surface area contributed by atoms with Crippen molar-refractivity contribution in [3.05, 3.63) is 57.3 Å². The van der Waals surface area contributed by atoms with E-state index >= 15 is 0 Å². The zero-order valence-electron chi connectivity index (χ0n) is 18.4. The van der Waals surface area contributed by atoms with Gasteiger partial charge in [0, 0.05) is 16.3 Å². The molecule has 1 amide bonds. The van der Waals surface area contributed by atoms with Crippen molar-refractivity contribution in [3.8, 4) is 0 Å². The molecule has 9 heteroatoms. The van der Waals surface area contributed by atoms with E-state index in [-0.39, 0.29) is 22.7 Å². The Morgan fingerprint density at radius 3 is 2.23 bits per heavy atom. The van der Waals surface area contributed by atoms with Crippen molar-refractivity contribution in [2.24, 2.45) is 0 Å². The van der Waals surface area contributed by atoms with E-state index in [4.69, 9.17) is 4.43 Å². The van der Waals surface area contributed by atoms with Crippen molar-refractivity contribution < 1.29 is 29.0 Å². The van der Waals surface area contributed by atoms with Gasteiger partial charge in [0.2, 0.25) is 0 Å². The van der Waals surface area contributed by atoms with Gasteiger partial charge in [0.1, 0.15) is 5.92 Å². The first-order valence-electron chi connectivity index (χ1n) is 9.89. The summed E-state index contributed by atoms with van der Waals surface area (Å²) in [6.07, 6.45) is 0. The van der Waals surface area contributed by atoms with E-state index in [9.17, 15) is 24.6 Å². The molecule has 1 aromatic carbocycles. The van der Waals surface area contributed by atoms with Crippen molar-refractivity contribution >= 4 is 37.5 Å². The lowest BCUT2D eigenvalue weighted by Crippen LogP contribution is -2.40. The van der Waals surface area contributed by atoms with Gasteiger partial charge in [0.05, 0.1) is 17.7 Å². The van der Waals surface area contributed by atoms with Crippen LogP contribution in [0.25, 0.3) is 0 Å². The smallest absolute Gasteiger partial charge is 0.336 e. The van der Waals surface area contributed by atoms with Gasteiger partial charge in [-0.1, -0.05) is 32.9 Å². The number of nitrogens with one attached hydrogen (secondary N) is 1. The largest absolute Gasteiger partial charge is 0.481 e. The molecule has 168 valence electrons. The highest BCUT2D eigenvalue weighted by Gasteiger charge is 2.37. The maximum atomic E-state index is 12.5. The van der Waals surface area contributed by atoms with Crippen LogP contribution in [0.15, 0.2) is 36.4 Å². The number of carbonyl (C=O) groups excluding carboxylic acids is 1. The van der Waals surface area contributed by atoms with Crippen LogP contribution in [0.2, 0.25) is 18.1 Å². The molecule has 0 saturated heterocycles. The number of hydrogen-bond donors (Lipinski definition) is 3. The number of carbonyl (C=O) groups is 3. The third-order valence-corrected chi connectivity index (χ3v) is 11.2. The van der Waals surface area contributed by atoms with Crippen molar-refractivity contribution in [1.29, 1.82) is 0 Å². The van der Waals surface area contributed by atoms with E-state index in [0.717, 1.165) is 4.88 Å². The molecule has 0 aliphatic rings. The molecule has 0 bridgehead atoms. The Balaban J connectivity index is 2.08. The summed E-state index contributed by atoms with van der Waals surface area (Å²) in [5.74, 6) is -3.84. The Labute approximate surface area is 187 Å². The number of carboxylic acids is 2. The van der Waals surface area contributed by atoms with Crippen molar-refractivity contribution in [3.63, 3.8) is 0 Å². The zero-order valence-corrected chi connectivity index (χ0v) is 20.2. The highest BCUT2D eigenvalue weighted by atomic mass is 32.1. The quantitative estimate of drug-likeness (QED) is 0.470. The molecule has 7 nitrogen and oxygen atoms in total. The summed E-state index contributed by atoms with van der Waals surface area (Å²) < 4.78 is 6.20. The summed E-state index contributed by atoms with van der Waals surface area (Å²) in [7, 11) is -1.92. The van der Waals surface area contributed by atoms with Gasteiger partial charge >= 0.3 is 11.9 Å². The maximum absolute atomic E-state index is 12.5. The summed E-state index contributed by atoms with van der Waals surface area (Å²) in [5, 5.41) is 21.5. The van der Waals surface area contributed by atoms with Crippen molar-refractivity contribution in [2.45, 2.75) is 51.4 Å². The Hall–Kier alpha value is -2.49. The Morgan fingerprint density at radius 1 is 1.06 bits per heavy atom. The topological polar surface area (TPSA) is 113 Å². The molecule has 1 atom stereocenters. The lowest BCUT2D eigenvalue weighted by atomic mass is 10.1. The fraction of sp³-hybridized carbons (Fsp3) is 0.409. The molecular formula is C22H29NO6SSi. The molecule has 1 aromatic heterocycles. The van der Waals surface area contributed by atoms with Crippen LogP contribution in [0.3, 0.4) is 0 Å².